The second-order valence-electron chi connectivity index (χ2n) is 5.49. The summed E-state index contributed by atoms with van der Waals surface area (Å²) in [6, 6.07) is 5.89. The molecule has 2 aromatic heterocycles. The summed E-state index contributed by atoms with van der Waals surface area (Å²) >= 11 is 1.63. The van der Waals surface area contributed by atoms with Crippen molar-refractivity contribution in [2.45, 2.75) is 25.9 Å². The maximum Gasteiger partial charge on any atom is 0.272 e. The van der Waals surface area contributed by atoms with Gasteiger partial charge in [-0.25, -0.2) is 0 Å². The highest BCUT2D eigenvalue weighted by molar-refractivity contribution is 7.13. The van der Waals surface area contributed by atoms with E-state index in [4.69, 9.17) is 4.74 Å². The molecule has 3 rings (SSSR count). The lowest BCUT2D eigenvalue weighted by Crippen LogP contribution is -2.38. The summed E-state index contributed by atoms with van der Waals surface area (Å²) < 4.78 is 7.33. The van der Waals surface area contributed by atoms with E-state index in [9.17, 15) is 4.79 Å². The molecule has 6 heteroatoms. The Kier molecular flexibility index (Phi) is 4.59. The van der Waals surface area contributed by atoms with Crippen LogP contribution in [0.25, 0.3) is 10.6 Å². The fourth-order valence-corrected chi connectivity index (χ4v) is 3.45. The first-order valence-corrected chi connectivity index (χ1v) is 8.55. The number of hydrogen-bond donors (Lipinski definition) is 0. The molecule has 0 bridgehead atoms. The smallest absolute Gasteiger partial charge is 0.272 e. The van der Waals surface area contributed by atoms with Gasteiger partial charge in [-0.1, -0.05) is 6.07 Å². The number of ether oxygens (including phenoxy) is 1. The SMILES string of the molecule is CCN(C[C@@H]1CCCO1)C(=O)c1cc(-c2cccs2)nn1C. The topological polar surface area (TPSA) is 47.4 Å². The lowest BCUT2D eigenvalue weighted by Gasteiger charge is -2.23. The van der Waals surface area contributed by atoms with E-state index >= 15 is 0 Å². The summed E-state index contributed by atoms with van der Waals surface area (Å²) in [5.41, 5.74) is 1.48. The van der Waals surface area contributed by atoms with Crippen molar-refractivity contribution in [3.05, 3.63) is 29.3 Å². The van der Waals surface area contributed by atoms with Crippen molar-refractivity contribution in [1.82, 2.24) is 14.7 Å². The maximum absolute atomic E-state index is 12.8. The minimum absolute atomic E-state index is 0.0239. The van der Waals surface area contributed by atoms with Crippen LogP contribution in [0.5, 0.6) is 0 Å². The lowest BCUT2D eigenvalue weighted by atomic mass is 10.2. The van der Waals surface area contributed by atoms with Crippen LogP contribution in [0, 0.1) is 0 Å². The summed E-state index contributed by atoms with van der Waals surface area (Å²) in [5.74, 6) is 0.0239. The number of rotatable bonds is 5. The van der Waals surface area contributed by atoms with Crippen LogP contribution in [-0.2, 0) is 11.8 Å². The van der Waals surface area contributed by atoms with Gasteiger partial charge in [0.05, 0.1) is 11.0 Å². The molecule has 5 nitrogen and oxygen atoms in total. The number of carbonyl (C=O) groups is 1. The van der Waals surface area contributed by atoms with Crippen molar-refractivity contribution >= 4 is 17.2 Å². The molecular weight excluding hydrogens is 298 g/mol. The molecule has 1 fully saturated rings. The average molecular weight is 319 g/mol. The van der Waals surface area contributed by atoms with Crippen LogP contribution in [0.4, 0.5) is 0 Å². The highest BCUT2D eigenvalue weighted by Crippen LogP contribution is 2.24. The Morgan fingerprint density at radius 1 is 1.59 bits per heavy atom. The molecule has 0 N–H and O–H groups in total. The Labute approximate surface area is 134 Å². The Bertz CT molecular complexity index is 630. The van der Waals surface area contributed by atoms with Gasteiger partial charge in [0.1, 0.15) is 11.4 Å². The predicted octanol–water partition coefficient (Wildman–Crippen LogP) is 2.79. The zero-order valence-corrected chi connectivity index (χ0v) is 13.8. The maximum atomic E-state index is 12.8. The fraction of sp³-hybridized carbons (Fsp3) is 0.500. The molecule has 1 aliphatic heterocycles. The van der Waals surface area contributed by atoms with Crippen LogP contribution >= 0.6 is 11.3 Å². The molecule has 0 saturated carbocycles. The summed E-state index contributed by atoms with van der Waals surface area (Å²) in [7, 11) is 1.82. The number of aryl methyl sites for hydroxylation is 1. The monoisotopic (exact) mass is 319 g/mol. The van der Waals surface area contributed by atoms with Crippen LogP contribution in [0.15, 0.2) is 23.6 Å². The summed E-state index contributed by atoms with van der Waals surface area (Å²) in [5, 5.41) is 6.49. The fourth-order valence-electron chi connectivity index (χ4n) is 2.76. The number of likely N-dealkylation sites (N-methyl/N-ethyl adjacent to an activating group) is 1. The average Bonchev–Trinajstić information content (AvgIpc) is 3.25. The van der Waals surface area contributed by atoms with Crippen LogP contribution < -0.4 is 0 Å². The van der Waals surface area contributed by atoms with Gasteiger partial charge in [0, 0.05) is 26.7 Å². The molecule has 1 aliphatic rings. The van der Waals surface area contributed by atoms with Crippen molar-refractivity contribution in [1.29, 1.82) is 0 Å². The van der Waals surface area contributed by atoms with Crippen molar-refractivity contribution in [2.75, 3.05) is 19.7 Å². The number of carbonyl (C=O) groups excluding carboxylic acids is 1. The molecular formula is C16H21N3O2S. The van der Waals surface area contributed by atoms with Gasteiger partial charge < -0.3 is 9.64 Å². The number of aromatic nitrogens is 2. The van der Waals surface area contributed by atoms with Crippen LogP contribution in [0.3, 0.4) is 0 Å². The van der Waals surface area contributed by atoms with Gasteiger partial charge in [-0.05, 0) is 37.3 Å². The zero-order valence-electron chi connectivity index (χ0n) is 13.0. The third-order valence-electron chi connectivity index (χ3n) is 3.99. The first-order valence-electron chi connectivity index (χ1n) is 7.68. The molecule has 1 saturated heterocycles. The first kappa shape index (κ1) is 15.2. The molecule has 0 aromatic carbocycles. The van der Waals surface area contributed by atoms with Gasteiger partial charge in [0.2, 0.25) is 0 Å². The Morgan fingerprint density at radius 2 is 2.45 bits per heavy atom. The Morgan fingerprint density at radius 3 is 3.09 bits per heavy atom. The molecule has 2 aromatic rings. The van der Waals surface area contributed by atoms with E-state index < -0.39 is 0 Å². The molecule has 3 heterocycles. The van der Waals surface area contributed by atoms with Gasteiger partial charge in [0.15, 0.2) is 0 Å². The molecule has 0 unspecified atom stereocenters. The third-order valence-corrected chi connectivity index (χ3v) is 4.88. The van der Waals surface area contributed by atoms with Crippen LogP contribution in [0.1, 0.15) is 30.3 Å². The van der Waals surface area contributed by atoms with Gasteiger partial charge in [0.25, 0.3) is 5.91 Å². The molecule has 0 spiro atoms. The second-order valence-corrected chi connectivity index (χ2v) is 6.44. The highest BCUT2D eigenvalue weighted by atomic mass is 32.1. The Balaban J connectivity index is 1.78. The molecule has 1 amide bonds. The number of nitrogens with zero attached hydrogens (tertiary/aromatic N) is 3. The van der Waals surface area contributed by atoms with E-state index in [2.05, 4.69) is 5.10 Å². The largest absolute Gasteiger partial charge is 0.376 e. The lowest BCUT2D eigenvalue weighted by molar-refractivity contribution is 0.0531. The van der Waals surface area contributed by atoms with E-state index in [1.807, 2.05) is 42.5 Å². The molecule has 0 radical (unpaired) electrons. The van der Waals surface area contributed by atoms with Crippen LogP contribution in [-0.4, -0.2) is 46.4 Å². The van der Waals surface area contributed by atoms with Gasteiger partial charge >= 0.3 is 0 Å². The highest BCUT2D eigenvalue weighted by Gasteiger charge is 2.24. The summed E-state index contributed by atoms with van der Waals surface area (Å²) in [6.45, 7) is 4.15. The number of hydrogen-bond acceptors (Lipinski definition) is 4. The first-order chi connectivity index (χ1) is 10.7. The van der Waals surface area contributed by atoms with Crippen molar-refractivity contribution < 1.29 is 9.53 Å². The molecule has 22 heavy (non-hydrogen) atoms. The number of amides is 1. The van der Waals surface area contributed by atoms with E-state index in [1.54, 1.807) is 16.0 Å². The Hall–Kier alpha value is -1.66. The van der Waals surface area contributed by atoms with Gasteiger partial charge in [-0.15, -0.1) is 11.3 Å². The predicted molar refractivity (Wildman–Crippen MR) is 87.1 cm³/mol. The molecule has 1 atom stereocenters. The van der Waals surface area contributed by atoms with Gasteiger partial charge in [-0.3, -0.25) is 9.48 Å². The van der Waals surface area contributed by atoms with E-state index in [1.165, 1.54) is 0 Å². The quantitative estimate of drug-likeness (QED) is 0.851. The third kappa shape index (κ3) is 3.08. The van der Waals surface area contributed by atoms with Gasteiger partial charge in [-0.2, -0.15) is 5.10 Å². The number of thiophene rings is 1. The van der Waals surface area contributed by atoms with E-state index in [0.717, 1.165) is 30.0 Å². The molecule has 0 aliphatic carbocycles. The van der Waals surface area contributed by atoms with E-state index in [0.29, 0.717) is 18.8 Å². The van der Waals surface area contributed by atoms with Crippen molar-refractivity contribution in [3.8, 4) is 10.6 Å². The minimum Gasteiger partial charge on any atom is -0.376 e. The summed E-state index contributed by atoms with van der Waals surface area (Å²) in [4.78, 5) is 15.7. The molecule has 118 valence electrons. The van der Waals surface area contributed by atoms with Crippen molar-refractivity contribution in [3.63, 3.8) is 0 Å². The summed E-state index contributed by atoms with van der Waals surface area (Å²) in [6.07, 6.45) is 2.30. The standard InChI is InChI=1S/C16H21N3O2S/c1-3-19(11-12-6-4-8-21-12)16(20)14-10-13(17-18(14)2)15-7-5-9-22-15/h5,7,9-10,12H,3-4,6,8,11H2,1-2H3/t12-/m0/s1. The second kappa shape index (κ2) is 6.62. The minimum atomic E-state index is 0.0239. The zero-order chi connectivity index (χ0) is 15.5. The normalized spacial score (nSPS) is 17.8. The van der Waals surface area contributed by atoms with Crippen molar-refractivity contribution in [2.24, 2.45) is 7.05 Å². The van der Waals surface area contributed by atoms with Crippen LogP contribution in [0.2, 0.25) is 0 Å². The van der Waals surface area contributed by atoms with E-state index in [-0.39, 0.29) is 12.0 Å².